The second-order valence-electron chi connectivity index (χ2n) is 8.94. The van der Waals surface area contributed by atoms with E-state index in [1.54, 1.807) is 6.92 Å². The Morgan fingerprint density at radius 3 is 2.39 bits per heavy atom. The molecular weight excluding hydrogens is 524 g/mol. The van der Waals surface area contributed by atoms with E-state index in [1.165, 1.54) is 0 Å². The Morgan fingerprint density at radius 1 is 1.03 bits per heavy atom. The van der Waals surface area contributed by atoms with Crippen molar-refractivity contribution < 1.29 is 24.2 Å². The van der Waals surface area contributed by atoms with E-state index in [2.05, 4.69) is 26.3 Å². The number of hydrogen-bond donors (Lipinski definition) is 1. The van der Waals surface area contributed by atoms with Crippen LogP contribution in [0, 0.1) is 6.92 Å². The number of carbonyl (C=O) groups excluding carboxylic acids is 2. The summed E-state index contributed by atoms with van der Waals surface area (Å²) < 4.78 is 10.2. The minimum Gasteiger partial charge on any atom is -0.481 e. The van der Waals surface area contributed by atoms with E-state index in [9.17, 15) is 19.5 Å². The van der Waals surface area contributed by atoms with Gasteiger partial charge >= 0.3 is 11.9 Å². The Kier molecular flexibility index (Phi) is 7.97. The maximum absolute atomic E-state index is 12.4. The highest BCUT2D eigenvalue weighted by Crippen LogP contribution is 2.31. The molecule has 0 aliphatic heterocycles. The summed E-state index contributed by atoms with van der Waals surface area (Å²) in [7, 11) is 0. The molecule has 0 saturated carbocycles. The number of aliphatic carboxylic acids is 1. The molecule has 3 heterocycles. The van der Waals surface area contributed by atoms with Crippen molar-refractivity contribution in [2.24, 2.45) is 0 Å². The van der Waals surface area contributed by atoms with Crippen molar-refractivity contribution >= 4 is 50.5 Å². The number of esters is 1. The average molecular weight is 553 g/mol. The number of rotatable bonds is 11. The van der Waals surface area contributed by atoms with Crippen molar-refractivity contribution in [2.45, 2.75) is 58.9 Å². The summed E-state index contributed by atoms with van der Waals surface area (Å²) in [4.78, 5) is 35.6. The Balaban J connectivity index is 1.87. The molecule has 4 aromatic rings. The Bertz CT molecular complexity index is 1490. The van der Waals surface area contributed by atoms with Gasteiger partial charge in [0.2, 0.25) is 0 Å². The molecule has 0 saturated heterocycles. The normalized spacial score (nSPS) is 11.3. The Labute approximate surface area is 217 Å². The average Bonchev–Trinajstić information content (AvgIpc) is 3.32. The Morgan fingerprint density at radius 2 is 1.72 bits per heavy atom. The number of ether oxygens (including phenoxy) is 1. The van der Waals surface area contributed by atoms with E-state index in [4.69, 9.17) is 4.74 Å². The van der Waals surface area contributed by atoms with E-state index in [1.807, 2.05) is 47.9 Å². The van der Waals surface area contributed by atoms with Crippen LogP contribution in [0.1, 0.15) is 54.9 Å². The lowest BCUT2D eigenvalue weighted by molar-refractivity contribution is -0.143. The molecule has 0 spiro atoms. The number of carboxylic acid groups (broad SMARTS) is 1. The SMILES string of the molecule is CCOC(=O)CCCc1c(CCCC(=O)O)c2ccc(C)c3n(Cc4ccc(Br)cc4)c(=C=O)c1n23. The van der Waals surface area contributed by atoms with E-state index in [0.717, 1.165) is 43.4 Å². The van der Waals surface area contributed by atoms with Crippen molar-refractivity contribution in [3.63, 3.8) is 0 Å². The van der Waals surface area contributed by atoms with Gasteiger partial charge in [-0.05, 0) is 80.0 Å². The van der Waals surface area contributed by atoms with Gasteiger partial charge in [0.1, 0.15) is 5.65 Å². The van der Waals surface area contributed by atoms with Gasteiger partial charge in [-0.25, -0.2) is 4.79 Å². The second kappa shape index (κ2) is 11.1. The summed E-state index contributed by atoms with van der Waals surface area (Å²) in [5.74, 6) is 1.13. The molecule has 188 valence electrons. The van der Waals surface area contributed by atoms with Crippen LogP contribution in [0.15, 0.2) is 40.9 Å². The topological polar surface area (TPSA) is 90.0 Å². The zero-order valence-corrected chi connectivity index (χ0v) is 22.1. The molecule has 36 heavy (non-hydrogen) atoms. The first-order valence-electron chi connectivity index (χ1n) is 12.2. The van der Waals surface area contributed by atoms with E-state index < -0.39 is 5.97 Å². The number of aromatic nitrogens is 2. The molecule has 0 atom stereocenters. The highest BCUT2D eigenvalue weighted by atomic mass is 79.9. The third-order valence-electron chi connectivity index (χ3n) is 6.51. The fourth-order valence-corrected chi connectivity index (χ4v) is 5.26. The minimum atomic E-state index is -0.833. The first-order valence-corrected chi connectivity index (χ1v) is 13.0. The maximum atomic E-state index is 12.4. The lowest BCUT2D eigenvalue weighted by atomic mass is 9.99. The molecule has 0 aliphatic rings. The highest BCUT2D eigenvalue weighted by Gasteiger charge is 2.24. The van der Waals surface area contributed by atoms with Crippen LogP contribution in [0.2, 0.25) is 0 Å². The molecule has 7 nitrogen and oxygen atoms in total. The molecule has 1 aromatic carbocycles. The number of nitrogens with zero attached hydrogens (tertiary/aromatic N) is 2. The van der Waals surface area contributed by atoms with E-state index in [0.29, 0.717) is 44.2 Å². The first-order chi connectivity index (χ1) is 17.3. The summed E-state index contributed by atoms with van der Waals surface area (Å²) in [6.07, 6.45) is 2.56. The van der Waals surface area contributed by atoms with Gasteiger partial charge in [0.25, 0.3) is 0 Å². The standard InChI is InChI=1S/C28H29BrN2O5/c1-3-36-26(35)9-5-7-22-21(6-4-8-25(33)34)23-15-10-18(2)28-30(24(17-32)27(22)31(23)28)16-19-11-13-20(29)14-12-19/h10-15H,3-9,16H2,1-2H3,(H,33,34). The molecule has 0 fully saturated rings. The molecular formula is C28H29BrN2O5. The number of benzene rings is 1. The van der Waals surface area contributed by atoms with Gasteiger partial charge in [-0.3, -0.25) is 14.0 Å². The summed E-state index contributed by atoms with van der Waals surface area (Å²) in [5.41, 5.74) is 6.77. The Hall–Kier alpha value is -3.35. The third-order valence-corrected chi connectivity index (χ3v) is 7.04. The van der Waals surface area contributed by atoms with Crippen LogP contribution in [0.5, 0.6) is 0 Å². The van der Waals surface area contributed by atoms with E-state index in [-0.39, 0.29) is 18.8 Å². The zero-order valence-electron chi connectivity index (χ0n) is 20.5. The predicted octanol–water partition coefficient (Wildman–Crippen LogP) is 4.53. The number of hydrogen-bond acceptors (Lipinski definition) is 4. The van der Waals surface area contributed by atoms with Crippen LogP contribution in [0.25, 0.3) is 16.7 Å². The smallest absolute Gasteiger partial charge is 0.305 e. The van der Waals surface area contributed by atoms with Gasteiger partial charge in [0.05, 0.1) is 24.2 Å². The highest BCUT2D eigenvalue weighted by molar-refractivity contribution is 9.10. The molecule has 0 unspecified atom stereocenters. The summed E-state index contributed by atoms with van der Waals surface area (Å²) in [5, 5.41) is 9.64. The summed E-state index contributed by atoms with van der Waals surface area (Å²) >= 11 is 3.47. The summed E-state index contributed by atoms with van der Waals surface area (Å²) in [6, 6.07) is 12.1. The molecule has 4 rings (SSSR count). The molecule has 8 heteroatoms. The lowest BCUT2D eigenvalue weighted by Gasteiger charge is -2.11. The van der Waals surface area contributed by atoms with Crippen LogP contribution >= 0.6 is 15.9 Å². The number of imidazole rings is 1. The second-order valence-corrected chi connectivity index (χ2v) is 9.85. The first kappa shape index (κ1) is 25.7. The summed E-state index contributed by atoms with van der Waals surface area (Å²) in [6.45, 7) is 4.65. The van der Waals surface area contributed by atoms with Crippen LogP contribution < -0.4 is 5.35 Å². The minimum absolute atomic E-state index is 0.0692. The van der Waals surface area contributed by atoms with Crippen LogP contribution in [-0.2, 0) is 38.5 Å². The number of carboxylic acids is 1. The van der Waals surface area contributed by atoms with Crippen LogP contribution in [0.4, 0.5) is 0 Å². The van der Waals surface area contributed by atoms with Crippen molar-refractivity contribution in [1.82, 2.24) is 8.97 Å². The van der Waals surface area contributed by atoms with Gasteiger partial charge in [-0.2, -0.15) is 0 Å². The van der Waals surface area contributed by atoms with Crippen molar-refractivity contribution in [2.75, 3.05) is 6.61 Å². The predicted molar refractivity (Wildman–Crippen MR) is 141 cm³/mol. The molecule has 1 N–H and O–H groups in total. The maximum Gasteiger partial charge on any atom is 0.305 e. The molecule has 3 aromatic heterocycles. The van der Waals surface area contributed by atoms with Crippen LogP contribution in [0.3, 0.4) is 0 Å². The lowest BCUT2D eigenvalue weighted by Crippen LogP contribution is -2.20. The van der Waals surface area contributed by atoms with Gasteiger partial charge in [0, 0.05) is 17.3 Å². The van der Waals surface area contributed by atoms with Crippen molar-refractivity contribution in [3.8, 4) is 0 Å². The van der Waals surface area contributed by atoms with Gasteiger partial charge in [-0.1, -0.05) is 34.1 Å². The zero-order chi connectivity index (χ0) is 25.8. The van der Waals surface area contributed by atoms with Gasteiger partial charge in [-0.15, -0.1) is 0 Å². The largest absolute Gasteiger partial charge is 0.481 e. The van der Waals surface area contributed by atoms with Crippen LogP contribution in [-0.4, -0.2) is 38.6 Å². The third kappa shape index (κ3) is 5.11. The quantitative estimate of drug-likeness (QED) is 0.276. The number of pyridine rings is 1. The fourth-order valence-electron chi connectivity index (χ4n) is 4.99. The van der Waals surface area contributed by atoms with E-state index >= 15 is 0 Å². The number of aryl methyl sites for hydroxylation is 3. The molecule has 0 bridgehead atoms. The van der Waals surface area contributed by atoms with Gasteiger partial charge < -0.3 is 14.4 Å². The number of carbonyl (C=O) groups is 2. The van der Waals surface area contributed by atoms with Gasteiger partial charge in [0.15, 0.2) is 11.3 Å². The van der Waals surface area contributed by atoms with Crippen molar-refractivity contribution in [3.05, 3.63) is 68.5 Å². The van der Waals surface area contributed by atoms with Crippen molar-refractivity contribution in [1.29, 1.82) is 0 Å². The molecule has 0 radical (unpaired) electrons. The monoisotopic (exact) mass is 552 g/mol. The fraction of sp³-hybridized carbons (Fsp3) is 0.357. The number of halogens is 1. The molecule has 0 aliphatic carbocycles. The molecule has 0 amide bonds.